The van der Waals surface area contributed by atoms with Gasteiger partial charge in [-0.25, -0.2) is 4.39 Å². The number of nitrogen functional groups attached to an aromatic ring is 1. The number of hydrogen-bond donors (Lipinski definition) is 2. The van der Waals surface area contributed by atoms with Gasteiger partial charge in [0.1, 0.15) is 0 Å². The van der Waals surface area contributed by atoms with Crippen LogP contribution in [-0.2, 0) is 0 Å². The van der Waals surface area contributed by atoms with Crippen molar-refractivity contribution in [1.82, 2.24) is 0 Å². The fraction of sp³-hybridized carbons (Fsp3) is 0.143. The van der Waals surface area contributed by atoms with Gasteiger partial charge in [0.05, 0.1) is 5.69 Å². The molecule has 0 fully saturated rings. The SMILES string of the molecule is CSc1cc(N)c(O)c(F)c1. The van der Waals surface area contributed by atoms with Crippen molar-refractivity contribution in [1.29, 1.82) is 0 Å². The third kappa shape index (κ3) is 1.57. The monoisotopic (exact) mass is 173 g/mol. The lowest BCUT2D eigenvalue weighted by atomic mass is 10.3. The molecule has 2 nitrogen and oxygen atoms in total. The molecule has 0 aliphatic rings. The highest BCUT2D eigenvalue weighted by Gasteiger charge is 2.05. The van der Waals surface area contributed by atoms with Gasteiger partial charge in [-0.05, 0) is 18.4 Å². The molecule has 0 heterocycles. The molecule has 0 radical (unpaired) electrons. The fourth-order valence-electron chi connectivity index (χ4n) is 0.712. The predicted octanol–water partition coefficient (Wildman–Crippen LogP) is 1.84. The first-order valence-corrected chi connectivity index (χ1v) is 4.19. The Morgan fingerprint density at radius 3 is 2.64 bits per heavy atom. The minimum absolute atomic E-state index is 0.0781. The molecule has 0 amide bonds. The van der Waals surface area contributed by atoms with Crippen molar-refractivity contribution in [3.05, 3.63) is 17.9 Å². The summed E-state index contributed by atoms with van der Waals surface area (Å²) < 4.78 is 12.7. The second-order valence-corrected chi connectivity index (χ2v) is 2.93. The fourth-order valence-corrected chi connectivity index (χ4v) is 1.18. The van der Waals surface area contributed by atoms with Crippen molar-refractivity contribution in [2.75, 3.05) is 12.0 Å². The van der Waals surface area contributed by atoms with Gasteiger partial charge in [-0.1, -0.05) is 0 Å². The number of nitrogens with two attached hydrogens (primary N) is 1. The number of anilines is 1. The maximum absolute atomic E-state index is 12.7. The Kier molecular flexibility index (Phi) is 2.24. The van der Waals surface area contributed by atoms with Gasteiger partial charge >= 0.3 is 0 Å². The van der Waals surface area contributed by atoms with Crippen LogP contribution in [0.25, 0.3) is 0 Å². The van der Waals surface area contributed by atoms with Crippen LogP contribution in [0.2, 0.25) is 0 Å². The molecular formula is C7H8FNOS. The number of aromatic hydroxyl groups is 1. The van der Waals surface area contributed by atoms with E-state index in [-0.39, 0.29) is 5.69 Å². The summed E-state index contributed by atoms with van der Waals surface area (Å²) in [4.78, 5) is 0.706. The minimum Gasteiger partial charge on any atom is -0.503 e. The Hall–Kier alpha value is -0.900. The Bertz CT molecular complexity index is 254. The molecule has 0 saturated heterocycles. The molecule has 1 rings (SSSR count). The normalized spacial score (nSPS) is 10.0. The van der Waals surface area contributed by atoms with Gasteiger partial charge in [0.25, 0.3) is 0 Å². The number of phenols is 1. The van der Waals surface area contributed by atoms with Crippen LogP contribution < -0.4 is 5.73 Å². The summed E-state index contributed by atoms with van der Waals surface area (Å²) in [7, 11) is 0. The van der Waals surface area contributed by atoms with E-state index in [2.05, 4.69) is 0 Å². The zero-order chi connectivity index (χ0) is 8.43. The summed E-state index contributed by atoms with van der Waals surface area (Å²) in [5, 5.41) is 8.92. The maximum atomic E-state index is 12.7. The van der Waals surface area contributed by atoms with Crippen molar-refractivity contribution in [3.8, 4) is 5.75 Å². The molecule has 60 valence electrons. The quantitative estimate of drug-likeness (QED) is 0.387. The van der Waals surface area contributed by atoms with Gasteiger partial charge in [-0.2, -0.15) is 0 Å². The van der Waals surface area contributed by atoms with E-state index >= 15 is 0 Å². The lowest BCUT2D eigenvalue weighted by molar-refractivity contribution is 0.434. The number of rotatable bonds is 1. The zero-order valence-electron chi connectivity index (χ0n) is 5.97. The first-order chi connectivity index (χ1) is 5.15. The van der Waals surface area contributed by atoms with E-state index in [0.29, 0.717) is 4.90 Å². The van der Waals surface area contributed by atoms with Crippen molar-refractivity contribution in [2.45, 2.75) is 4.90 Å². The lowest BCUT2D eigenvalue weighted by Crippen LogP contribution is -1.88. The van der Waals surface area contributed by atoms with Gasteiger partial charge in [0.15, 0.2) is 11.6 Å². The number of hydrogen-bond acceptors (Lipinski definition) is 3. The minimum atomic E-state index is -0.672. The van der Waals surface area contributed by atoms with Gasteiger partial charge in [-0.15, -0.1) is 11.8 Å². The number of phenolic OH excluding ortho intramolecular Hbond substituents is 1. The summed E-state index contributed by atoms with van der Waals surface area (Å²) in [6, 6.07) is 2.78. The van der Waals surface area contributed by atoms with Gasteiger partial charge in [0, 0.05) is 4.90 Å². The van der Waals surface area contributed by atoms with Gasteiger partial charge in [0.2, 0.25) is 0 Å². The van der Waals surface area contributed by atoms with Crippen LogP contribution >= 0.6 is 11.8 Å². The number of halogens is 1. The summed E-state index contributed by atoms with van der Waals surface area (Å²) in [6.45, 7) is 0. The molecule has 1 aromatic rings. The first kappa shape index (κ1) is 8.20. The molecule has 1 aromatic carbocycles. The summed E-state index contributed by atoms with van der Waals surface area (Å²) >= 11 is 1.37. The molecule has 0 saturated carbocycles. The van der Waals surface area contributed by atoms with Crippen molar-refractivity contribution < 1.29 is 9.50 Å². The van der Waals surface area contributed by atoms with Crippen molar-refractivity contribution in [2.24, 2.45) is 0 Å². The molecule has 0 spiro atoms. The van der Waals surface area contributed by atoms with Crippen LogP contribution in [0.1, 0.15) is 0 Å². The Morgan fingerprint density at radius 2 is 2.18 bits per heavy atom. The van der Waals surface area contributed by atoms with E-state index in [4.69, 9.17) is 10.8 Å². The van der Waals surface area contributed by atoms with E-state index in [0.717, 1.165) is 0 Å². The van der Waals surface area contributed by atoms with Crippen LogP contribution in [0.5, 0.6) is 5.75 Å². The second-order valence-electron chi connectivity index (χ2n) is 2.05. The maximum Gasteiger partial charge on any atom is 0.174 e. The molecular weight excluding hydrogens is 165 g/mol. The van der Waals surface area contributed by atoms with Crippen molar-refractivity contribution in [3.63, 3.8) is 0 Å². The van der Waals surface area contributed by atoms with Crippen LogP contribution in [0.15, 0.2) is 17.0 Å². The summed E-state index contributed by atoms with van der Waals surface area (Å²) in [5.74, 6) is -1.14. The third-order valence-electron chi connectivity index (χ3n) is 1.30. The van der Waals surface area contributed by atoms with E-state index in [9.17, 15) is 4.39 Å². The average molecular weight is 173 g/mol. The summed E-state index contributed by atoms with van der Waals surface area (Å²) in [5.41, 5.74) is 5.37. The third-order valence-corrected chi connectivity index (χ3v) is 2.01. The Morgan fingerprint density at radius 1 is 1.55 bits per heavy atom. The predicted molar refractivity (Wildman–Crippen MR) is 44.3 cm³/mol. The molecule has 4 heteroatoms. The van der Waals surface area contributed by atoms with Crippen LogP contribution in [0.3, 0.4) is 0 Å². The summed E-state index contributed by atoms with van der Waals surface area (Å²) in [6.07, 6.45) is 1.81. The molecule has 0 atom stereocenters. The molecule has 3 N–H and O–H groups in total. The molecule has 0 aliphatic heterocycles. The van der Waals surface area contributed by atoms with E-state index in [1.165, 1.54) is 23.9 Å². The highest BCUT2D eigenvalue weighted by molar-refractivity contribution is 7.98. The smallest absolute Gasteiger partial charge is 0.174 e. The Labute approximate surface area is 68.2 Å². The van der Waals surface area contributed by atoms with Crippen LogP contribution in [0, 0.1) is 5.82 Å². The highest BCUT2D eigenvalue weighted by Crippen LogP contribution is 2.28. The average Bonchev–Trinajstić information content (AvgIpc) is 1.99. The largest absolute Gasteiger partial charge is 0.503 e. The van der Waals surface area contributed by atoms with E-state index in [1.807, 2.05) is 6.26 Å². The lowest BCUT2D eigenvalue weighted by Gasteiger charge is -2.02. The molecule has 0 unspecified atom stereocenters. The number of thioether (sulfide) groups is 1. The Balaban J connectivity index is 3.21. The molecule has 0 bridgehead atoms. The van der Waals surface area contributed by atoms with Gasteiger partial charge in [-0.3, -0.25) is 0 Å². The number of benzene rings is 1. The van der Waals surface area contributed by atoms with E-state index < -0.39 is 11.6 Å². The first-order valence-electron chi connectivity index (χ1n) is 2.97. The standard InChI is InChI=1S/C7H8FNOS/c1-11-4-2-5(8)7(10)6(9)3-4/h2-3,10H,9H2,1H3. The van der Waals surface area contributed by atoms with Crippen molar-refractivity contribution >= 4 is 17.4 Å². The molecule has 0 aliphatic carbocycles. The molecule has 11 heavy (non-hydrogen) atoms. The second kappa shape index (κ2) is 3.00. The van der Waals surface area contributed by atoms with Gasteiger partial charge < -0.3 is 10.8 Å². The van der Waals surface area contributed by atoms with Crippen LogP contribution in [-0.4, -0.2) is 11.4 Å². The van der Waals surface area contributed by atoms with Crippen LogP contribution in [0.4, 0.5) is 10.1 Å². The highest BCUT2D eigenvalue weighted by atomic mass is 32.2. The zero-order valence-corrected chi connectivity index (χ0v) is 6.78. The molecule has 0 aromatic heterocycles. The van der Waals surface area contributed by atoms with E-state index in [1.54, 1.807) is 0 Å². The topological polar surface area (TPSA) is 46.2 Å².